The Labute approximate surface area is 135 Å². The molecule has 2 aromatic rings. The van der Waals surface area contributed by atoms with E-state index in [4.69, 9.17) is 4.74 Å². The molecule has 124 valence electrons. The van der Waals surface area contributed by atoms with Crippen molar-refractivity contribution in [1.82, 2.24) is 9.97 Å². The highest BCUT2D eigenvalue weighted by Crippen LogP contribution is 2.26. The van der Waals surface area contributed by atoms with Gasteiger partial charge in [0.15, 0.2) is 0 Å². The number of benzene rings is 1. The number of aromatic nitrogens is 2. The predicted octanol–water partition coefficient (Wildman–Crippen LogP) is -0.184. The van der Waals surface area contributed by atoms with E-state index >= 15 is 0 Å². The maximum atomic E-state index is 12.5. The van der Waals surface area contributed by atoms with Crippen molar-refractivity contribution in [2.45, 2.75) is 12.5 Å². The molecule has 2 amide bonds. The lowest BCUT2D eigenvalue weighted by Crippen LogP contribution is -2.36. The molecule has 1 saturated heterocycles. The maximum absolute atomic E-state index is 12.5. The average Bonchev–Trinajstić information content (AvgIpc) is 2.84. The SMILES string of the molecule is COc1ccc(N2C(=O)CC(Nc3c[nH]c(=O)[nH]c3=O)C2=O)cc1. The van der Waals surface area contributed by atoms with E-state index in [1.54, 1.807) is 24.3 Å². The van der Waals surface area contributed by atoms with Gasteiger partial charge in [-0.3, -0.25) is 19.4 Å². The van der Waals surface area contributed by atoms with Crippen LogP contribution in [-0.4, -0.2) is 34.9 Å². The molecule has 2 heterocycles. The number of amides is 2. The number of rotatable bonds is 4. The monoisotopic (exact) mass is 330 g/mol. The fourth-order valence-corrected chi connectivity index (χ4v) is 2.45. The third-order valence-electron chi connectivity index (χ3n) is 3.63. The summed E-state index contributed by atoms with van der Waals surface area (Å²) in [6.07, 6.45) is 1.07. The molecule has 0 radical (unpaired) electrons. The molecule has 9 nitrogen and oxygen atoms in total. The summed E-state index contributed by atoms with van der Waals surface area (Å²) in [5, 5.41) is 2.69. The van der Waals surface area contributed by atoms with Crippen LogP contribution < -0.4 is 26.2 Å². The number of nitrogens with zero attached hydrogens (tertiary/aromatic N) is 1. The average molecular weight is 330 g/mol. The number of nitrogens with one attached hydrogen (secondary N) is 3. The lowest BCUT2D eigenvalue weighted by molar-refractivity contribution is -0.121. The van der Waals surface area contributed by atoms with E-state index in [1.165, 1.54) is 7.11 Å². The van der Waals surface area contributed by atoms with E-state index in [0.29, 0.717) is 11.4 Å². The standard InChI is InChI=1S/C15H14N4O5/c1-24-9-4-2-8(3-5-9)19-12(20)6-10(14(19)22)17-11-7-16-15(23)18-13(11)21/h2-5,7,10,17H,6H2,1H3,(H2,16,18,21,23). The molecule has 3 N–H and O–H groups in total. The maximum Gasteiger partial charge on any atom is 0.325 e. The van der Waals surface area contributed by atoms with Gasteiger partial charge >= 0.3 is 5.69 Å². The number of carbonyl (C=O) groups is 2. The molecule has 0 spiro atoms. The molecule has 0 bridgehead atoms. The van der Waals surface area contributed by atoms with Gasteiger partial charge in [-0.15, -0.1) is 0 Å². The van der Waals surface area contributed by atoms with E-state index in [0.717, 1.165) is 11.1 Å². The number of carbonyl (C=O) groups excluding carboxylic acids is 2. The molecular weight excluding hydrogens is 316 g/mol. The van der Waals surface area contributed by atoms with Crippen LogP contribution in [0.2, 0.25) is 0 Å². The lowest BCUT2D eigenvalue weighted by Gasteiger charge is -2.16. The molecule has 1 aliphatic heterocycles. The van der Waals surface area contributed by atoms with Crippen LogP contribution in [0.25, 0.3) is 0 Å². The summed E-state index contributed by atoms with van der Waals surface area (Å²) in [6, 6.07) is 5.60. The van der Waals surface area contributed by atoms with Crippen molar-refractivity contribution in [1.29, 1.82) is 0 Å². The number of methoxy groups -OCH3 is 1. The fraction of sp³-hybridized carbons (Fsp3) is 0.200. The molecule has 24 heavy (non-hydrogen) atoms. The van der Waals surface area contributed by atoms with E-state index in [2.05, 4.69) is 10.3 Å². The number of imide groups is 1. The number of anilines is 2. The molecule has 3 rings (SSSR count). The van der Waals surface area contributed by atoms with Gasteiger partial charge in [0.05, 0.1) is 19.2 Å². The van der Waals surface area contributed by atoms with Gasteiger partial charge in [-0.25, -0.2) is 9.69 Å². The second-order valence-corrected chi connectivity index (χ2v) is 5.15. The highest BCUT2D eigenvalue weighted by molar-refractivity contribution is 6.23. The van der Waals surface area contributed by atoms with Crippen molar-refractivity contribution < 1.29 is 14.3 Å². The minimum atomic E-state index is -0.883. The number of hydrogen-bond donors (Lipinski definition) is 3. The molecule has 0 saturated carbocycles. The third kappa shape index (κ3) is 2.78. The van der Waals surface area contributed by atoms with Gasteiger partial charge in [0.25, 0.3) is 11.5 Å². The van der Waals surface area contributed by atoms with Crippen LogP contribution in [0.1, 0.15) is 6.42 Å². The number of H-pyrrole nitrogens is 2. The van der Waals surface area contributed by atoms with Crippen molar-refractivity contribution in [3.63, 3.8) is 0 Å². The first-order valence-corrected chi connectivity index (χ1v) is 7.09. The molecule has 9 heteroatoms. The Morgan fingerprint density at radius 3 is 2.50 bits per heavy atom. The predicted molar refractivity (Wildman–Crippen MR) is 85.2 cm³/mol. The Hall–Kier alpha value is -3.36. The van der Waals surface area contributed by atoms with Gasteiger partial charge in [-0.05, 0) is 24.3 Å². The summed E-state index contributed by atoms with van der Waals surface area (Å²) in [7, 11) is 1.52. The van der Waals surface area contributed by atoms with Crippen LogP contribution in [0.4, 0.5) is 11.4 Å². The Kier molecular flexibility index (Phi) is 3.90. The fourth-order valence-electron chi connectivity index (χ4n) is 2.45. The van der Waals surface area contributed by atoms with Gasteiger partial charge in [0.1, 0.15) is 17.5 Å². The largest absolute Gasteiger partial charge is 0.497 e. The van der Waals surface area contributed by atoms with Crippen molar-refractivity contribution in [2.75, 3.05) is 17.3 Å². The topological polar surface area (TPSA) is 124 Å². The summed E-state index contributed by atoms with van der Waals surface area (Å²) in [4.78, 5) is 52.7. The van der Waals surface area contributed by atoms with Gasteiger partial charge in [0.2, 0.25) is 5.91 Å². The Bertz CT molecular complexity index is 899. The molecule has 1 fully saturated rings. The van der Waals surface area contributed by atoms with Crippen LogP contribution in [0.5, 0.6) is 5.75 Å². The molecule has 1 aliphatic rings. The number of ether oxygens (including phenoxy) is 1. The summed E-state index contributed by atoms with van der Waals surface area (Å²) in [5.74, 6) is -0.258. The van der Waals surface area contributed by atoms with Crippen molar-refractivity contribution in [2.24, 2.45) is 0 Å². The Balaban J connectivity index is 1.83. The number of hydrogen-bond acceptors (Lipinski definition) is 6. The van der Waals surface area contributed by atoms with Crippen molar-refractivity contribution >= 4 is 23.2 Å². The van der Waals surface area contributed by atoms with E-state index in [-0.39, 0.29) is 18.0 Å². The lowest BCUT2D eigenvalue weighted by atomic mass is 10.2. The number of aromatic amines is 2. The molecule has 0 aliphatic carbocycles. The Morgan fingerprint density at radius 1 is 1.17 bits per heavy atom. The minimum Gasteiger partial charge on any atom is -0.497 e. The van der Waals surface area contributed by atoms with E-state index in [9.17, 15) is 19.2 Å². The van der Waals surface area contributed by atoms with E-state index in [1.807, 2.05) is 4.98 Å². The Morgan fingerprint density at radius 2 is 1.88 bits per heavy atom. The normalized spacial score (nSPS) is 17.2. The van der Waals surface area contributed by atoms with Gasteiger partial charge in [-0.1, -0.05) is 0 Å². The zero-order valence-corrected chi connectivity index (χ0v) is 12.7. The van der Waals surface area contributed by atoms with Crippen LogP contribution in [0, 0.1) is 0 Å². The summed E-state index contributed by atoms with van der Waals surface area (Å²) in [5.41, 5.74) is -0.885. The summed E-state index contributed by atoms with van der Waals surface area (Å²) < 4.78 is 5.04. The molecule has 1 atom stereocenters. The van der Waals surface area contributed by atoms with Crippen LogP contribution >= 0.6 is 0 Å². The second-order valence-electron chi connectivity index (χ2n) is 5.15. The first kappa shape index (κ1) is 15.5. The zero-order valence-electron chi connectivity index (χ0n) is 12.7. The van der Waals surface area contributed by atoms with Gasteiger partial charge in [-0.2, -0.15) is 0 Å². The van der Waals surface area contributed by atoms with Crippen LogP contribution in [-0.2, 0) is 9.59 Å². The first-order valence-electron chi connectivity index (χ1n) is 7.09. The van der Waals surface area contributed by atoms with Crippen LogP contribution in [0.3, 0.4) is 0 Å². The highest BCUT2D eigenvalue weighted by Gasteiger charge is 2.39. The third-order valence-corrected chi connectivity index (χ3v) is 3.63. The van der Waals surface area contributed by atoms with Crippen LogP contribution in [0.15, 0.2) is 40.1 Å². The smallest absolute Gasteiger partial charge is 0.325 e. The molecule has 1 aromatic carbocycles. The van der Waals surface area contributed by atoms with E-state index < -0.39 is 23.2 Å². The van der Waals surface area contributed by atoms with Gasteiger partial charge in [0, 0.05) is 6.20 Å². The quantitative estimate of drug-likeness (QED) is 0.668. The highest BCUT2D eigenvalue weighted by atomic mass is 16.5. The zero-order chi connectivity index (χ0) is 17.3. The minimum absolute atomic E-state index is 0.0114. The van der Waals surface area contributed by atoms with Gasteiger partial charge < -0.3 is 15.0 Å². The molecule has 1 unspecified atom stereocenters. The molecule has 1 aromatic heterocycles. The summed E-state index contributed by atoms with van der Waals surface area (Å²) >= 11 is 0. The summed E-state index contributed by atoms with van der Waals surface area (Å²) in [6.45, 7) is 0. The van der Waals surface area contributed by atoms with Crippen molar-refractivity contribution in [3.05, 3.63) is 51.3 Å². The molecular formula is C15H14N4O5. The first-order chi connectivity index (χ1) is 11.5. The van der Waals surface area contributed by atoms with Crippen molar-refractivity contribution in [3.8, 4) is 5.75 Å². The second kappa shape index (κ2) is 6.03.